The van der Waals surface area contributed by atoms with E-state index in [1.807, 2.05) is 32.7 Å². The van der Waals surface area contributed by atoms with Gasteiger partial charge in [0.05, 0.1) is 0 Å². The van der Waals surface area contributed by atoms with Crippen LogP contribution in [0.15, 0.2) is 11.6 Å². The van der Waals surface area contributed by atoms with Crippen LogP contribution in [0.2, 0.25) is 0 Å². The third-order valence-corrected chi connectivity index (χ3v) is 12.2. The molecule has 1 amide bonds. The summed E-state index contributed by atoms with van der Waals surface area (Å²) in [6, 6.07) is 0.217. The van der Waals surface area contributed by atoms with Gasteiger partial charge in [-0.25, -0.2) is 4.79 Å². The summed E-state index contributed by atoms with van der Waals surface area (Å²) in [5.74, 6) is 1.64. The van der Waals surface area contributed by atoms with Gasteiger partial charge in [-0.3, -0.25) is 4.79 Å². The molecule has 0 saturated heterocycles. The van der Waals surface area contributed by atoms with E-state index in [0.29, 0.717) is 22.7 Å². The predicted octanol–water partition coefficient (Wildman–Crippen LogP) is 7.17. The molecule has 5 aliphatic carbocycles. The number of amides is 1. The second-order valence-electron chi connectivity index (χ2n) is 14.8. The number of rotatable bonds is 2. The van der Waals surface area contributed by atoms with Gasteiger partial charge in [-0.05, 0) is 118 Å². The Hall–Kier alpha value is -1.32. The van der Waals surface area contributed by atoms with Crippen LogP contribution in [-0.4, -0.2) is 35.5 Å². The topological polar surface area (TPSA) is 46.6 Å². The number of carbonyl (C=O) groups excluding carboxylic acids is 2. The molecule has 0 unspecified atom stereocenters. The van der Waals surface area contributed by atoms with Crippen LogP contribution in [0, 0.1) is 38.9 Å². The van der Waals surface area contributed by atoms with E-state index in [9.17, 15) is 9.59 Å². The summed E-state index contributed by atoms with van der Waals surface area (Å²) in [4.78, 5) is 27.4. The van der Waals surface area contributed by atoms with Crippen LogP contribution in [0.3, 0.4) is 0 Å². The monoisotopic (exact) mass is 469 g/mol. The molecule has 0 radical (unpaired) electrons. The van der Waals surface area contributed by atoms with Crippen molar-refractivity contribution < 1.29 is 14.3 Å². The van der Waals surface area contributed by atoms with Gasteiger partial charge in [0.1, 0.15) is 5.60 Å². The lowest BCUT2D eigenvalue weighted by atomic mass is 9.42. The zero-order valence-electron chi connectivity index (χ0n) is 23.1. The quantitative estimate of drug-likeness (QED) is 0.431. The molecule has 0 bridgehead atoms. The molecule has 0 aromatic heterocycles. The van der Waals surface area contributed by atoms with E-state index in [-0.39, 0.29) is 34.2 Å². The first-order valence-electron chi connectivity index (χ1n) is 13.7. The molecule has 4 fully saturated rings. The fourth-order valence-electron chi connectivity index (χ4n) is 10.6. The summed E-state index contributed by atoms with van der Waals surface area (Å²) in [7, 11) is 1.95. The Morgan fingerprint density at radius 2 is 1.59 bits per heavy atom. The number of nitrogens with zero attached hydrogens (tertiary/aromatic N) is 1. The van der Waals surface area contributed by atoms with Gasteiger partial charge in [-0.15, -0.1) is 0 Å². The Morgan fingerprint density at radius 1 is 0.971 bits per heavy atom. The molecule has 4 saturated carbocycles. The van der Waals surface area contributed by atoms with Gasteiger partial charge in [-0.1, -0.05) is 33.8 Å². The van der Waals surface area contributed by atoms with E-state index in [2.05, 4.69) is 33.8 Å². The fourth-order valence-corrected chi connectivity index (χ4v) is 10.6. The molecule has 0 N–H and O–H groups in total. The Bertz CT molecular complexity index is 959. The zero-order chi connectivity index (χ0) is 25.1. The van der Waals surface area contributed by atoms with Crippen molar-refractivity contribution in [3.8, 4) is 0 Å². The SMILES string of the molecule is CC(=O)C1=CC[C@@]2(C)[C@@H]3CC[C@H]4C(C)(C)[C@@H](N(C)C(=O)OC(C)(C)C)CC[C@@]45C[C@@]35CC[C@]12C. The lowest BCUT2D eigenvalue weighted by Crippen LogP contribution is -2.60. The Balaban J connectivity index is 1.42. The summed E-state index contributed by atoms with van der Waals surface area (Å²) in [6.07, 6.45) is 11.8. The van der Waals surface area contributed by atoms with Crippen LogP contribution in [-0.2, 0) is 9.53 Å². The Labute approximate surface area is 207 Å². The van der Waals surface area contributed by atoms with Crippen LogP contribution in [0.25, 0.3) is 0 Å². The van der Waals surface area contributed by atoms with E-state index >= 15 is 0 Å². The number of ketones is 1. The van der Waals surface area contributed by atoms with Crippen LogP contribution < -0.4 is 0 Å². The number of fused-ring (bicyclic) bond motifs is 2. The number of hydrogen-bond acceptors (Lipinski definition) is 3. The molecular weight excluding hydrogens is 422 g/mol. The molecule has 0 heterocycles. The maximum absolute atomic E-state index is 13.0. The van der Waals surface area contributed by atoms with Gasteiger partial charge in [0.2, 0.25) is 0 Å². The van der Waals surface area contributed by atoms with Gasteiger partial charge in [-0.2, -0.15) is 0 Å². The molecule has 0 aliphatic heterocycles. The molecule has 190 valence electrons. The lowest BCUT2D eigenvalue weighted by Gasteiger charge is -2.63. The number of allylic oxidation sites excluding steroid dienone is 2. The summed E-state index contributed by atoms with van der Waals surface area (Å²) in [5.41, 5.74) is 1.82. The minimum absolute atomic E-state index is 0.0367. The van der Waals surface area contributed by atoms with E-state index in [4.69, 9.17) is 4.74 Å². The van der Waals surface area contributed by atoms with Gasteiger partial charge in [0.25, 0.3) is 0 Å². The molecule has 0 aromatic rings. The molecule has 34 heavy (non-hydrogen) atoms. The van der Waals surface area contributed by atoms with Crippen molar-refractivity contribution in [3.05, 3.63) is 11.6 Å². The normalized spacial score (nSPS) is 46.3. The average Bonchev–Trinajstić information content (AvgIpc) is 3.28. The molecule has 4 nitrogen and oxygen atoms in total. The van der Waals surface area contributed by atoms with Crippen molar-refractivity contribution in [2.45, 2.75) is 118 Å². The highest BCUT2D eigenvalue weighted by atomic mass is 16.6. The second kappa shape index (κ2) is 6.91. The van der Waals surface area contributed by atoms with Crippen molar-refractivity contribution in [1.82, 2.24) is 4.90 Å². The molecule has 5 rings (SSSR count). The highest BCUT2D eigenvalue weighted by molar-refractivity contribution is 5.95. The van der Waals surface area contributed by atoms with E-state index in [0.717, 1.165) is 24.8 Å². The lowest BCUT2D eigenvalue weighted by molar-refractivity contribution is -0.140. The highest BCUT2D eigenvalue weighted by Crippen LogP contribution is 2.88. The zero-order valence-corrected chi connectivity index (χ0v) is 23.1. The Morgan fingerprint density at radius 3 is 2.21 bits per heavy atom. The minimum atomic E-state index is -0.470. The standard InChI is InChI=1S/C30H47NO3/c1-19(32)20-12-14-28(8)22-11-10-21-26(5,6)23(31(9)24(33)34-25(2,3)4)13-15-29(21)18-30(22,29)17-16-27(20,28)7/h12,21-23H,10-11,13-18H2,1-9H3/t21-,22-,23-,27+,28-,29+,30-/m0/s1. The Kier molecular flexibility index (Phi) is 4.96. The number of Topliss-reactive ketones (excluding diaryl/α,β-unsaturated/α-hetero) is 1. The fraction of sp³-hybridized carbons (Fsp3) is 0.867. The number of carbonyl (C=O) groups is 2. The molecule has 0 aromatic carbocycles. The van der Waals surface area contributed by atoms with Crippen molar-refractivity contribution in [1.29, 1.82) is 0 Å². The largest absolute Gasteiger partial charge is 0.444 e. The second-order valence-corrected chi connectivity index (χ2v) is 14.8. The molecule has 5 aliphatic rings. The maximum atomic E-state index is 13.0. The highest BCUT2D eigenvalue weighted by Gasteiger charge is 2.81. The van der Waals surface area contributed by atoms with Crippen LogP contribution in [0.4, 0.5) is 4.79 Å². The van der Waals surface area contributed by atoms with Crippen molar-refractivity contribution in [2.75, 3.05) is 7.05 Å². The summed E-state index contributed by atoms with van der Waals surface area (Å²) < 4.78 is 5.76. The van der Waals surface area contributed by atoms with E-state index < -0.39 is 5.60 Å². The summed E-state index contributed by atoms with van der Waals surface area (Å²) >= 11 is 0. The van der Waals surface area contributed by atoms with Crippen LogP contribution in [0.1, 0.15) is 107 Å². The third kappa shape index (κ3) is 2.83. The van der Waals surface area contributed by atoms with Gasteiger partial charge in [0, 0.05) is 18.5 Å². The van der Waals surface area contributed by atoms with E-state index in [1.54, 1.807) is 6.92 Å². The van der Waals surface area contributed by atoms with Gasteiger partial charge < -0.3 is 9.64 Å². The van der Waals surface area contributed by atoms with Gasteiger partial charge >= 0.3 is 6.09 Å². The van der Waals surface area contributed by atoms with Crippen LogP contribution in [0.5, 0.6) is 0 Å². The molecular formula is C30H47NO3. The smallest absolute Gasteiger partial charge is 0.410 e. The number of hydrogen-bond donors (Lipinski definition) is 0. The molecule has 4 heteroatoms. The van der Waals surface area contributed by atoms with Crippen LogP contribution >= 0.6 is 0 Å². The summed E-state index contributed by atoms with van der Waals surface area (Å²) in [6.45, 7) is 17.4. The van der Waals surface area contributed by atoms with Crippen molar-refractivity contribution >= 4 is 11.9 Å². The van der Waals surface area contributed by atoms with E-state index in [1.165, 1.54) is 32.1 Å². The summed E-state index contributed by atoms with van der Waals surface area (Å²) in [5, 5.41) is 0. The maximum Gasteiger partial charge on any atom is 0.410 e. The first-order valence-corrected chi connectivity index (χ1v) is 13.7. The number of ether oxygens (including phenoxy) is 1. The first kappa shape index (κ1) is 24.4. The van der Waals surface area contributed by atoms with Gasteiger partial charge in [0.15, 0.2) is 5.78 Å². The van der Waals surface area contributed by atoms with Crippen molar-refractivity contribution in [3.63, 3.8) is 0 Å². The average molecular weight is 470 g/mol. The molecule has 2 spiro atoms. The van der Waals surface area contributed by atoms with Crippen molar-refractivity contribution in [2.24, 2.45) is 38.9 Å². The minimum Gasteiger partial charge on any atom is -0.444 e. The predicted molar refractivity (Wildman–Crippen MR) is 135 cm³/mol. The third-order valence-electron chi connectivity index (χ3n) is 12.2. The first-order chi connectivity index (χ1) is 15.6. The molecule has 7 atom stereocenters.